The number of para-hydroxylation sites is 1. The fourth-order valence-corrected chi connectivity index (χ4v) is 4.25. The maximum Gasteiger partial charge on any atom is 0.241 e. The molecule has 0 fully saturated rings. The number of hydrogen-bond acceptors (Lipinski definition) is 5. The molecule has 1 aromatic heterocycles. The second-order valence-corrected chi connectivity index (χ2v) is 7.96. The number of ketones is 1. The van der Waals surface area contributed by atoms with Gasteiger partial charge in [-0.05, 0) is 37.6 Å². The van der Waals surface area contributed by atoms with Crippen LogP contribution in [0.1, 0.15) is 20.3 Å². The Balaban J connectivity index is 1.91. The van der Waals surface area contributed by atoms with Crippen LogP contribution < -0.4 is 10.0 Å². The van der Waals surface area contributed by atoms with Gasteiger partial charge in [0.25, 0.3) is 0 Å². The Labute approximate surface area is 156 Å². The predicted molar refractivity (Wildman–Crippen MR) is 102 cm³/mol. The third-order valence-electron chi connectivity index (χ3n) is 4.44. The topological polar surface area (TPSA) is 105 Å². The molecule has 0 saturated heterocycles. The molecule has 0 aliphatic carbocycles. The number of carbonyl (C=O) groups is 2. The van der Waals surface area contributed by atoms with Gasteiger partial charge in [0.2, 0.25) is 16.4 Å². The molecule has 7 nitrogen and oxygen atoms in total. The van der Waals surface area contributed by atoms with Crippen molar-refractivity contribution in [1.29, 1.82) is 0 Å². The summed E-state index contributed by atoms with van der Waals surface area (Å²) in [5.74, 6) is -0.400. The standard InChI is InChI=1S/C19H20N2O5S/c1-3-16(20-11-22)19(23)12(2)21-27(24,25)13-8-9-18-15(10-13)14-6-4-5-7-17(14)26-18/h4-12,16,21H,3H2,1-2H3,(H,20,22)/t12?,16-/m0/s1. The summed E-state index contributed by atoms with van der Waals surface area (Å²) in [4.78, 5) is 23.0. The number of rotatable bonds is 8. The Hall–Kier alpha value is -2.71. The number of benzene rings is 2. The highest BCUT2D eigenvalue weighted by Gasteiger charge is 2.27. The monoisotopic (exact) mass is 388 g/mol. The van der Waals surface area contributed by atoms with Gasteiger partial charge >= 0.3 is 0 Å². The Kier molecular flexibility index (Phi) is 5.29. The molecule has 1 amide bonds. The highest BCUT2D eigenvalue weighted by molar-refractivity contribution is 7.89. The van der Waals surface area contributed by atoms with Gasteiger partial charge in [0.05, 0.1) is 17.0 Å². The molecule has 2 atom stereocenters. The van der Waals surface area contributed by atoms with Gasteiger partial charge in [-0.25, -0.2) is 13.1 Å². The molecule has 0 aliphatic heterocycles. The fourth-order valence-electron chi connectivity index (χ4n) is 3.02. The summed E-state index contributed by atoms with van der Waals surface area (Å²) in [6.45, 7) is 3.19. The first-order valence-corrected chi connectivity index (χ1v) is 10.0. The van der Waals surface area contributed by atoms with E-state index in [0.29, 0.717) is 29.4 Å². The van der Waals surface area contributed by atoms with E-state index in [2.05, 4.69) is 10.0 Å². The van der Waals surface area contributed by atoms with E-state index in [1.54, 1.807) is 13.0 Å². The molecular formula is C19H20N2O5S. The number of furan rings is 1. The van der Waals surface area contributed by atoms with Gasteiger partial charge < -0.3 is 9.73 Å². The van der Waals surface area contributed by atoms with Crippen LogP contribution in [0.2, 0.25) is 0 Å². The van der Waals surface area contributed by atoms with Gasteiger partial charge in [0, 0.05) is 10.8 Å². The number of fused-ring (bicyclic) bond motifs is 3. The number of Topliss-reactive ketones (excluding diaryl/α,β-unsaturated/α-hetero) is 1. The summed E-state index contributed by atoms with van der Waals surface area (Å²) in [5.41, 5.74) is 1.25. The zero-order chi connectivity index (χ0) is 19.6. The molecule has 1 unspecified atom stereocenters. The van der Waals surface area contributed by atoms with Gasteiger partial charge in [0.15, 0.2) is 5.78 Å². The molecule has 0 spiro atoms. The van der Waals surface area contributed by atoms with E-state index in [1.165, 1.54) is 19.1 Å². The largest absolute Gasteiger partial charge is 0.456 e. The molecule has 2 N–H and O–H groups in total. The van der Waals surface area contributed by atoms with E-state index in [1.807, 2.05) is 24.3 Å². The van der Waals surface area contributed by atoms with E-state index in [0.717, 1.165) is 5.39 Å². The zero-order valence-electron chi connectivity index (χ0n) is 14.9. The number of carbonyl (C=O) groups excluding carboxylic acids is 2. The van der Waals surface area contributed by atoms with Crippen molar-refractivity contribution >= 4 is 44.2 Å². The number of amides is 1. The van der Waals surface area contributed by atoms with Gasteiger partial charge in [0.1, 0.15) is 11.2 Å². The van der Waals surface area contributed by atoms with Crippen LogP contribution in [0.15, 0.2) is 51.8 Å². The molecule has 3 rings (SSSR count). The Morgan fingerprint density at radius 3 is 2.56 bits per heavy atom. The Morgan fingerprint density at radius 1 is 1.15 bits per heavy atom. The molecule has 0 radical (unpaired) electrons. The van der Waals surface area contributed by atoms with Crippen molar-refractivity contribution in [1.82, 2.24) is 10.0 Å². The van der Waals surface area contributed by atoms with Crippen molar-refractivity contribution in [3.05, 3.63) is 42.5 Å². The fraction of sp³-hybridized carbons (Fsp3) is 0.263. The minimum atomic E-state index is -3.93. The Morgan fingerprint density at radius 2 is 1.85 bits per heavy atom. The van der Waals surface area contributed by atoms with Gasteiger partial charge in [-0.2, -0.15) is 0 Å². The van der Waals surface area contributed by atoms with Crippen LogP contribution in [-0.2, 0) is 19.6 Å². The van der Waals surface area contributed by atoms with Crippen LogP contribution in [0, 0.1) is 0 Å². The molecule has 0 saturated carbocycles. The predicted octanol–water partition coefficient (Wildman–Crippen LogP) is 2.35. The van der Waals surface area contributed by atoms with Crippen molar-refractivity contribution < 1.29 is 22.4 Å². The lowest BCUT2D eigenvalue weighted by molar-refractivity contribution is -0.124. The highest BCUT2D eigenvalue weighted by atomic mass is 32.2. The van der Waals surface area contributed by atoms with Gasteiger partial charge in [-0.3, -0.25) is 9.59 Å². The molecule has 27 heavy (non-hydrogen) atoms. The highest BCUT2D eigenvalue weighted by Crippen LogP contribution is 2.30. The summed E-state index contributed by atoms with van der Waals surface area (Å²) in [6, 6.07) is 10.2. The first-order chi connectivity index (χ1) is 12.9. The summed E-state index contributed by atoms with van der Waals surface area (Å²) >= 11 is 0. The number of sulfonamides is 1. The maximum absolute atomic E-state index is 12.7. The normalized spacial score (nSPS) is 14.1. The quantitative estimate of drug-likeness (QED) is 0.576. The minimum Gasteiger partial charge on any atom is -0.456 e. The maximum atomic E-state index is 12.7. The lowest BCUT2D eigenvalue weighted by atomic mass is 10.1. The average Bonchev–Trinajstić information content (AvgIpc) is 3.03. The summed E-state index contributed by atoms with van der Waals surface area (Å²) in [7, 11) is -3.93. The molecule has 142 valence electrons. The smallest absolute Gasteiger partial charge is 0.241 e. The number of hydrogen-bond donors (Lipinski definition) is 2. The molecule has 2 aromatic carbocycles. The number of nitrogens with one attached hydrogen (secondary N) is 2. The molecule has 0 aliphatic rings. The average molecular weight is 388 g/mol. The van der Waals surface area contributed by atoms with Crippen molar-refractivity contribution in [2.24, 2.45) is 0 Å². The van der Waals surface area contributed by atoms with E-state index in [4.69, 9.17) is 4.42 Å². The van der Waals surface area contributed by atoms with Crippen molar-refractivity contribution in [3.8, 4) is 0 Å². The van der Waals surface area contributed by atoms with Crippen LogP contribution in [-0.4, -0.2) is 32.7 Å². The van der Waals surface area contributed by atoms with Crippen molar-refractivity contribution in [3.63, 3.8) is 0 Å². The first kappa shape index (κ1) is 19.1. The van der Waals surface area contributed by atoms with E-state index in [9.17, 15) is 18.0 Å². The summed E-state index contributed by atoms with van der Waals surface area (Å²) < 4.78 is 33.6. The zero-order valence-corrected chi connectivity index (χ0v) is 15.7. The molecule has 3 aromatic rings. The molecule has 8 heteroatoms. The van der Waals surface area contributed by atoms with Crippen LogP contribution in [0.25, 0.3) is 21.9 Å². The lowest BCUT2D eigenvalue weighted by Crippen LogP contribution is -2.47. The van der Waals surface area contributed by atoms with E-state index >= 15 is 0 Å². The van der Waals surface area contributed by atoms with Crippen LogP contribution >= 0.6 is 0 Å². The van der Waals surface area contributed by atoms with Crippen LogP contribution in [0.5, 0.6) is 0 Å². The second-order valence-electron chi connectivity index (χ2n) is 6.25. The lowest BCUT2D eigenvalue weighted by Gasteiger charge is -2.19. The van der Waals surface area contributed by atoms with Crippen molar-refractivity contribution in [2.45, 2.75) is 37.2 Å². The minimum absolute atomic E-state index is 0.0394. The van der Waals surface area contributed by atoms with E-state index < -0.39 is 27.9 Å². The van der Waals surface area contributed by atoms with Crippen LogP contribution in [0.3, 0.4) is 0 Å². The van der Waals surface area contributed by atoms with E-state index in [-0.39, 0.29) is 4.90 Å². The molecular weight excluding hydrogens is 368 g/mol. The SMILES string of the molecule is CC[C@H](NC=O)C(=O)C(C)NS(=O)(=O)c1ccc2oc3ccccc3c2c1. The van der Waals surface area contributed by atoms with Gasteiger partial charge in [-0.1, -0.05) is 25.1 Å². The first-order valence-electron chi connectivity index (χ1n) is 8.54. The molecule has 0 bridgehead atoms. The second kappa shape index (κ2) is 7.50. The Bertz CT molecular complexity index is 1100. The summed E-state index contributed by atoms with van der Waals surface area (Å²) in [6.07, 6.45) is 0.807. The third-order valence-corrected chi connectivity index (χ3v) is 5.98. The summed E-state index contributed by atoms with van der Waals surface area (Å²) in [5, 5.41) is 3.90. The van der Waals surface area contributed by atoms with Crippen LogP contribution in [0.4, 0.5) is 0 Å². The molecule has 1 heterocycles. The van der Waals surface area contributed by atoms with Gasteiger partial charge in [-0.15, -0.1) is 0 Å². The third kappa shape index (κ3) is 3.72. The van der Waals surface area contributed by atoms with Crippen molar-refractivity contribution in [2.75, 3.05) is 0 Å².